The van der Waals surface area contributed by atoms with Gasteiger partial charge in [-0.2, -0.15) is 0 Å². The molecule has 1 atom stereocenters. The molecule has 4 aromatic carbocycles. The fraction of sp³-hybridized carbons (Fsp3) is 0.278. The Hall–Kier alpha value is -3.90. The highest BCUT2D eigenvalue weighted by Crippen LogP contribution is 2.42. The zero-order valence-electron chi connectivity index (χ0n) is 23.8. The first-order valence-electron chi connectivity index (χ1n) is 14.2. The van der Waals surface area contributed by atoms with Gasteiger partial charge in [-0.25, -0.2) is 0 Å². The summed E-state index contributed by atoms with van der Waals surface area (Å²) in [6, 6.07) is 32.7. The van der Waals surface area contributed by atoms with Crippen LogP contribution < -0.4 is 9.47 Å². The lowest BCUT2D eigenvalue weighted by Gasteiger charge is -2.23. The van der Waals surface area contributed by atoms with Crippen LogP contribution in [-0.4, -0.2) is 37.6 Å². The fourth-order valence-corrected chi connectivity index (χ4v) is 4.75. The zero-order chi connectivity index (χ0) is 28.7. The molecule has 0 fully saturated rings. The third-order valence-corrected chi connectivity index (χ3v) is 6.71. The first-order valence-corrected chi connectivity index (χ1v) is 14.2. The van der Waals surface area contributed by atoms with Crippen LogP contribution in [0.1, 0.15) is 29.2 Å². The van der Waals surface area contributed by atoms with Crippen LogP contribution in [0.3, 0.4) is 0 Å². The summed E-state index contributed by atoms with van der Waals surface area (Å²) < 4.78 is 24.2. The van der Waals surface area contributed by atoms with Crippen LogP contribution in [0.5, 0.6) is 11.5 Å². The van der Waals surface area contributed by atoms with Gasteiger partial charge in [0.05, 0.1) is 26.4 Å². The van der Waals surface area contributed by atoms with E-state index in [-0.39, 0.29) is 13.2 Å². The topological polar surface area (TPSA) is 57.2 Å². The lowest BCUT2D eigenvalue weighted by molar-refractivity contribution is -0.0122. The molecule has 1 N–H and O–H groups in total. The van der Waals surface area contributed by atoms with E-state index in [4.69, 9.17) is 18.9 Å². The van der Waals surface area contributed by atoms with Crippen molar-refractivity contribution in [3.63, 3.8) is 0 Å². The van der Waals surface area contributed by atoms with Gasteiger partial charge in [0.1, 0.15) is 30.8 Å². The maximum absolute atomic E-state index is 10.2. The standard InChI is InChI=1S/C36H40O5/c1-3-21-38-26-31(37)27-39-22-20-33-32(4-2)34(40-24-28-14-8-5-9-15-28)23-35(36(33)30-18-12-7-13-19-30)41-25-29-16-10-6-11-17-29/h3,5-19,23,31,37H,1,4,20-22,24-27H2,2H3. The summed E-state index contributed by atoms with van der Waals surface area (Å²) in [7, 11) is 0. The average Bonchev–Trinajstić information content (AvgIpc) is 3.02. The van der Waals surface area contributed by atoms with Gasteiger partial charge in [-0.3, -0.25) is 0 Å². The smallest absolute Gasteiger partial charge is 0.131 e. The van der Waals surface area contributed by atoms with Crippen molar-refractivity contribution in [3.8, 4) is 22.6 Å². The Balaban J connectivity index is 1.66. The predicted molar refractivity (Wildman–Crippen MR) is 164 cm³/mol. The van der Waals surface area contributed by atoms with Gasteiger partial charge >= 0.3 is 0 Å². The van der Waals surface area contributed by atoms with Crippen molar-refractivity contribution in [2.45, 2.75) is 39.1 Å². The normalized spacial score (nSPS) is 11.7. The third-order valence-electron chi connectivity index (χ3n) is 6.71. The summed E-state index contributed by atoms with van der Waals surface area (Å²) in [5.74, 6) is 1.58. The Labute approximate surface area is 244 Å². The first-order chi connectivity index (χ1) is 20.2. The van der Waals surface area contributed by atoms with Crippen LogP contribution in [-0.2, 0) is 35.5 Å². The number of aliphatic hydroxyl groups excluding tert-OH is 1. The van der Waals surface area contributed by atoms with E-state index >= 15 is 0 Å². The van der Waals surface area contributed by atoms with Gasteiger partial charge in [-0.1, -0.05) is 104 Å². The van der Waals surface area contributed by atoms with E-state index < -0.39 is 6.10 Å². The molecular weight excluding hydrogens is 512 g/mol. The molecule has 41 heavy (non-hydrogen) atoms. The Morgan fingerprint density at radius 2 is 1.29 bits per heavy atom. The molecule has 0 aromatic heterocycles. The molecule has 0 aliphatic rings. The highest BCUT2D eigenvalue weighted by molar-refractivity contribution is 5.77. The van der Waals surface area contributed by atoms with Crippen LogP contribution in [0.25, 0.3) is 11.1 Å². The number of aliphatic hydroxyl groups is 1. The Morgan fingerprint density at radius 3 is 1.88 bits per heavy atom. The van der Waals surface area contributed by atoms with Crippen molar-refractivity contribution >= 4 is 0 Å². The number of hydrogen-bond donors (Lipinski definition) is 1. The predicted octanol–water partition coefficient (Wildman–Crippen LogP) is 7.20. The van der Waals surface area contributed by atoms with Crippen molar-refractivity contribution in [2.75, 3.05) is 26.4 Å². The van der Waals surface area contributed by atoms with E-state index in [1.165, 1.54) is 0 Å². The lowest BCUT2D eigenvalue weighted by atomic mass is 9.90. The molecule has 0 amide bonds. The minimum absolute atomic E-state index is 0.195. The number of benzene rings is 4. The summed E-state index contributed by atoms with van der Waals surface area (Å²) in [5.41, 5.74) is 6.58. The van der Waals surface area contributed by atoms with Gasteiger partial charge in [0.25, 0.3) is 0 Å². The monoisotopic (exact) mass is 552 g/mol. The van der Waals surface area contributed by atoms with Crippen molar-refractivity contribution in [3.05, 3.63) is 132 Å². The molecule has 4 rings (SSSR count). The van der Waals surface area contributed by atoms with E-state index in [9.17, 15) is 5.11 Å². The fourth-order valence-electron chi connectivity index (χ4n) is 4.75. The van der Waals surface area contributed by atoms with Gasteiger partial charge in [-0.05, 0) is 40.7 Å². The van der Waals surface area contributed by atoms with Gasteiger partial charge in [-0.15, -0.1) is 6.58 Å². The molecule has 0 aliphatic carbocycles. The van der Waals surface area contributed by atoms with E-state index in [0.717, 1.165) is 51.3 Å². The van der Waals surface area contributed by atoms with Crippen LogP contribution >= 0.6 is 0 Å². The van der Waals surface area contributed by atoms with Crippen LogP contribution in [0.4, 0.5) is 0 Å². The third kappa shape index (κ3) is 9.05. The molecule has 0 spiro atoms. The Kier molecular flexibility index (Phi) is 12.0. The van der Waals surface area contributed by atoms with E-state index in [2.05, 4.69) is 49.9 Å². The molecule has 5 nitrogen and oxygen atoms in total. The molecule has 0 saturated carbocycles. The largest absolute Gasteiger partial charge is 0.488 e. The molecule has 0 radical (unpaired) electrons. The number of hydrogen-bond acceptors (Lipinski definition) is 5. The van der Waals surface area contributed by atoms with Crippen LogP contribution in [0, 0.1) is 0 Å². The Morgan fingerprint density at radius 1 is 0.732 bits per heavy atom. The molecule has 0 aliphatic heterocycles. The summed E-state index contributed by atoms with van der Waals surface area (Å²) in [6.07, 6.45) is 2.39. The van der Waals surface area contributed by atoms with E-state index in [1.54, 1.807) is 6.08 Å². The molecular formula is C36H40O5. The number of rotatable bonds is 17. The summed E-state index contributed by atoms with van der Waals surface area (Å²) in [4.78, 5) is 0. The number of ether oxygens (including phenoxy) is 4. The minimum atomic E-state index is -0.695. The summed E-state index contributed by atoms with van der Waals surface area (Å²) in [6.45, 7) is 7.93. The van der Waals surface area contributed by atoms with Gasteiger partial charge in [0, 0.05) is 11.6 Å². The SMILES string of the molecule is C=CCOCC(O)COCCc1c(CC)c(OCc2ccccc2)cc(OCc2ccccc2)c1-c1ccccc1. The average molecular weight is 553 g/mol. The lowest BCUT2D eigenvalue weighted by Crippen LogP contribution is -2.22. The van der Waals surface area contributed by atoms with Crippen LogP contribution in [0.15, 0.2) is 110 Å². The maximum Gasteiger partial charge on any atom is 0.131 e. The van der Waals surface area contributed by atoms with E-state index in [0.29, 0.717) is 32.8 Å². The molecule has 0 saturated heterocycles. The quantitative estimate of drug-likeness (QED) is 0.111. The van der Waals surface area contributed by atoms with E-state index in [1.807, 2.05) is 60.7 Å². The second-order valence-electron chi connectivity index (χ2n) is 9.78. The first kappa shape index (κ1) is 30.1. The van der Waals surface area contributed by atoms with Crippen molar-refractivity contribution in [1.29, 1.82) is 0 Å². The molecule has 0 heterocycles. The highest BCUT2D eigenvalue weighted by Gasteiger charge is 2.21. The zero-order valence-corrected chi connectivity index (χ0v) is 23.8. The molecule has 0 bridgehead atoms. The van der Waals surface area contributed by atoms with Gasteiger partial charge in [0.2, 0.25) is 0 Å². The van der Waals surface area contributed by atoms with Crippen molar-refractivity contribution in [2.24, 2.45) is 0 Å². The van der Waals surface area contributed by atoms with Crippen LogP contribution in [0.2, 0.25) is 0 Å². The molecule has 214 valence electrons. The molecule has 1 unspecified atom stereocenters. The second-order valence-corrected chi connectivity index (χ2v) is 9.78. The minimum Gasteiger partial charge on any atom is -0.488 e. The molecule has 4 aromatic rings. The summed E-state index contributed by atoms with van der Waals surface area (Å²) in [5, 5.41) is 10.2. The maximum atomic E-state index is 10.2. The Bertz CT molecular complexity index is 1320. The summed E-state index contributed by atoms with van der Waals surface area (Å²) >= 11 is 0. The van der Waals surface area contributed by atoms with Gasteiger partial charge < -0.3 is 24.1 Å². The van der Waals surface area contributed by atoms with Gasteiger partial charge in [0.15, 0.2) is 0 Å². The second kappa shape index (κ2) is 16.4. The van der Waals surface area contributed by atoms with Crippen molar-refractivity contribution in [1.82, 2.24) is 0 Å². The molecule has 5 heteroatoms. The van der Waals surface area contributed by atoms with Crippen molar-refractivity contribution < 1.29 is 24.1 Å². The highest BCUT2D eigenvalue weighted by atomic mass is 16.5.